The minimum absolute atomic E-state index is 0.385. The summed E-state index contributed by atoms with van der Waals surface area (Å²) in [6, 6.07) is 14.1. The zero-order chi connectivity index (χ0) is 15.2. The summed E-state index contributed by atoms with van der Waals surface area (Å²) in [5.74, 6) is 1.99. The maximum Gasteiger partial charge on any atom is 0.134 e. The first-order valence-corrected chi connectivity index (χ1v) is 7.68. The Balaban J connectivity index is 1.99. The van der Waals surface area contributed by atoms with E-state index < -0.39 is 0 Å². The number of hydrogen-bond donors (Lipinski definition) is 1. The van der Waals surface area contributed by atoms with Gasteiger partial charge in [-0.1, -0.05) is 31.2 Å². The van der Waals surface area contributed by atoms with Crippen LogP contribution in [0.15, 0.2) is 46.9 Å². The van der Waals surface area contributed by atoms with Crippen molar-refractivity contribution in [2.75, 3.05) is 13.7 Å². The van der Waals surface area contributed by atoms with Gasteiger partial charge >= 0.3 is 0 Å². The quantitative estimate of drug-likeness (QED) is 0.853. The molecule has 0 aliphatic heterocycles. The van der Waals surface area contributed by atoms with Crippen molar-refractivity contribution in [2.45, 2.75) is 19.4 Å². The molecular formula is C17H20BrNO2. The Bertz CT molecular complexity index is 584. The van der Waals surface area contributed by atoms with Gasteiger partial charge in [0.1, 0.15) is 18.1 Å². The van der Waals surface area contributed by atoms with Gasteiger partial charge in [-0.05, 0) is 57.7 Å². The molecule has 0 fully saturated rings. The van der Waals surface area contributed by atoms with Crippen molar-refractivity contribution in [3.8, 4) is 11.5 Å². The van der Waals surface area contributed by atoms with E-state index >= 15 is 0 Å². The van der Waals surface area contributed by atoms with Gasteiger partial charge in [-0.15, -0.1) is 0 Å². The minimum Gasteiger partial charge on any atom is -0.497 e. The minimum atomic E-state index is 0.385. The van der Waals surface area contributed by atoms with Crippen molar-refractivity contribution >= 4 is 15.9 Å². The smallest absolute Gasteiger partial charge is 0.134 e. The Morgan fingerprint density at radius 2 is 1.86 bits per heavy atom. The Morgan fingerprint density at radius 1 is 1.14 bits per heavy atom. The molecule has 2 N–H and O–H groups in total. The van der Waals surface area contributed by atoms with Crippen LogP contribution in [-0.4, -0.2) is 13.7 Å². The molecule has 0 amide bonds. The molecule has 4 heteroatoms. The molecule has 0 spiro atoms. The second-order valence-corrected chi connectivity index (χ2v) is 5.82. The van der Waals surface area contributed by atoms with Crippen molar-refractivity contribution in [2.24, 2.45) is 5.73 Å². The largest absolute Gasteiger partial charge is 0.497 e. The van der Waals surface area contributed by atoms with E-state index in [4.69, 9.17) is 15.2 Å². The molecule has 0 radical (unpaired) electrons. The van der Waals surface area contributed by atoms with E-state index in [2.05, 4.69) is 47.1 Å². The third-order valence-corrected chi connectivity index (χ3v) is 4.06. The highest BCUT2D eigenvalue weighted by Gasteiger charge is 2.05. The third kappa shape index (κ3) is 4.22. The molecule has 0 heterocycles. The molecule has 21 heavy (non-hydrogen) atoms. The predicted octanol–water partition coefficient (Wildman–Crippen LogP) is 4.10. The number of benzene rings is 2. The van der Waals surface area contributed by atoms with Gasteiger partial charge in [0.2, 0.25) is 0 Å². The molecule has 112 valence electrons. The van der Waals surface area contributed by atoms with Crippen LogP contribution < -0.4 is 15.2 Å². The van der Waals surface area contributed by atoms with Crippen LogP contribution in [-0.2, 0) is 6.61 Å². The van der Waals surface area contributed by atoms with Gasteiger partial charge < -0.3 is 15.2 Å². The number of methoxy groups -OCH3 is 1. The number of ether oxygens (including phenoxy) is 2. The fourth-order valence-corrected chi connectivity index (χ4v) is 2.44. The molecule has 0 saturated heterocycles. The molecule has 1 atom stereocenters. The summed E-state index contributed by atoms with van der Waals surface area (Å²) in [6.45, 7) is 3.32. The van der Waals surface area contributed by atoms with Crippen LogP contribution >= 0.6 is 15.9 Å². The van der Waals surface area contributed by atoms with Crippen LogP contribution in [0.25, 0.3) is 0 Å². The van der Waals surface area contributed by atoms with Crippen molar-refractivity contribution in [3.05, 3.63) is 58.1 Å². The Morgan fingerprint density at radius 3 is 2.43 bits per heavy atom. The van der Waals surface area contributed by atoms with Gasteiger partial charge in [0.25, 0.3) is 0 Å². The highest BCUT2D eigenvalue weighted by molar-refractivity contribution is 9.10. The molecule has 2 aromatic rings. The molecule has 0 aromatic heterocycles. The average Bonchev–Trinajstić information content (AvgIpc) is 2.53. The van der Waals surface area contributed by atoms with Crippen molar-refractivity contribution in [1.29, 1.82) is 0 Å². The fourth-order valence-electron chi connectivity index (χ4n) is 1.97. The monoisotopic (exact) mass is 349 g/mol. The SMILES string of the molecule is COc1ccc(OCc2ccc(C(C)CN)cc2)c(Br)c1. The number of hydrogen-bond acceptors (Lipinski definition) is 3. The van der Waals surface area contributed by atoms with Gasteiger partial charge in [-0.2, -0.15) is 0 Å². The Hall–Kier alpha value is -1.52. The summed E-state index contributed by atoms with van der Waals surface area (Å²) >= 11 is 3.48. The van der Waals surface area contributed by atoms with E-state index in [1.54, 1.807) is 7.11 Å². The van der Waals surface area contributed by atoms with Crippen LogP contribution in [0.4, 0.5) is 0 Å². The normalized spacial score (nSPS) is 12.0. The lowest BCUT2D eigenvalue weighted by Gasteiger charge is -2.12. The molecule has 0 aliphatic carbocycles. The highest BCUT2D eigenvalue weighted by Crippen LogP contribution is 2.29. The summed E-state index contributed by atoms with van der Waals surface area (Å²) < 4.78 is 11.9. The van der Waals surface area contributed by atoms with E-state index in [9.17, 15) is 0 Å². The van der Waals surface area contributed by atoms with E-state index in [1.807, 2.05) is 18.2 Å². The van der Waals surface area contributed by atoms with Crippen molar-refractivity contribution in [1.82, 2.24) is 0 Å². The number of nitrogens with two attached hydrogens (primary N) is 1. The fraction of sp³-hybridized carbons (Fsp3) is 0.294. The first kappa shape index (κ1) is 15.9. The standard InChI is InChI=1S/C17H20BrNO2/c1-12(10-19)14-5-3-13(4-6-14)11-21-17-8-7-15(20-2)9-16(17)18/h3-9,12H,10-11,19H2,1-2H3. The molecule has 0 saturated carbocycles. The van der Waals surface area contributed by atoms with Crippen LogP contribution in [0.1, 0.15) is 24.0 Å². The van der Waals surface area contributed by atoms with Crippen LogP contribution in [0.3, 0.4) is 0 Å². The molecule has 0 bridgehead atoms. The third-order valence-electron chi connectivity index (χ3n) is 3.44. The van der Waals surface area contributed by atoms with Crippen LogP contribution in [0.5, 0.6) is 11.5 Å². The topological polar surface area (TPSA) is 44.5 Å². The Kier molecular flexibility index (Phi) is 5.65. The van der Waals surface area contributed by atoms with Gasteiger partial charge in [0, 0.05) is 0 Å². The summed E-state index contributed by atoms with van der Waals surface area (Å²) in [7, 11) is 1.65. The molecule has 0 aliphatic rings. The summed E-state index contributed by atoms with van der Waals surface area (Å²) in [6.07, 6.45) is 0. The first-order chi connectivity index (χ1) is 10.1. The van der Waals surface area contributed by atoms with Gasteiger partial charge in [-0.3, -0.25) is 0 Å². The van der Waals surface area contributed by atoms with E-state index in [-0.39, 0.29) is 0 Å². The lowest BCUT2D eigenvalue weighted by atomic mass is 10.0. The lowest BCUT2D eigenvalue weighted by molar-refractivity contribution is 0.303. The van der Waals surface area contributed by atoms with Gasteiger partial charge in [0.15, 0.2) is 0 Å². The summed E-state index contributed by atoms with van der Waals surface area (Å²) in [5, 5.41) is 0. The number of halogens is 1. The second kappa shape index (κ2) is 7.48. The molecular weight excluding hydrogens is 330 g/mol. The summed E-state index contributed by atoms with van der Waals surface area (Å²) in [4.78, 5) is 0. The second-order valence-electron chi connectivity index (χ2n) is 4.96. The van der Waals surface area contributed by atoms with Crippen LogP contribution in [0, 0.1) is 0 Å². The average molecular weight is 350 g/mol. The highest BCUT2D eigenvalue weighted by atomic mass is 79.9. The summed E-state index contributed by atoms with van der Waals surface area (Å²) in [5.41, 5.74) is 8.06. The zero-order valence-electron chi connectivity index (χ0n) is 12.3. The van der Waals surface area contributed by atoms with E-state index in [0.717, 1.165) is 21.5 Å². The van der Waals surface area contributed by atoms with Crippen molar-refractivity contribution < 1.29 is 9.47 Å². The number of rotatable bonds is 6. The maximum atomic E-state index is 5.82. The maximum absolute atomic E-state index is 5.82. The molecule has 2 rings (SSSR count). The first-order valence-electron chi connectivity index (χ1n) is 6.89. The van der Waals surface area contributed by atoms with E-state index in [0.29, 0.717) is 19.1 Å². The molecule has 3 nitrogen and oxygen atoms in total. The van der Waals surface area contributed by atoms with Crippen LogP contribution in [0.2, 0.25) is 0 Å². The van der Waals surface area contributed by atoms with Gasteiger partial charge in [0.05, 0.1) is 11.6 Å². The Labute approximate surface area is 134 Å². The molecule has 2 aromatic carbocycles. The van der Waals surface area contributed by atoms with Gasteiger partial charge in [-0.25, -0.2) is 0 Å². The molecule has 1 unspecified atom stereocenters. The van der Waals surface area contributed by atoms with Crippen molar-refractivity contribution in [3.63, 3.8) is 0 Å². The zero-order valence-corrected chi connectivity index (χ0v) is 13.9. The predicted molar refractivity (Wildman–Crippen MR) is 88.9 cm³/mol. The lowest BCUT2D eigenvalue weighted by Crippen LogP contribution is -2.08. The van der Waals surface area contributed by atoms with E-state index in [1.165, 1.54) is 5.56 Å².